The van der Waals surface area contributed by atoms with Crippen LogP contribution in [0.25, 0.3) is 0 Å². The first-order chi connectivity index (χ1) is 10.1. The largest absolute Gasteiger partial charge is 0.455 e. The van der Waals surface area contributed by atoms with Crippen molar-refractivity contribution in [3.05, 3.63) is 58.1 Å². The van der Waals surface area contributed by atoms with Crippen LogP contribution in [0.3, 0.4) is 0 Å². The Hall–Kier alpha value is -1.51. The summed E-state index contributed by atoms with van der Waals surface area (Å²) in [4.78, 5) is 0. The maximum atomic E-state index is 6.31. The molecule has 0 aliphatic heterocycles. The zero-order valence-electron chi connectivity index (χ0n) is 12.9. The maximum absolute atomic E-state index is 6.31. The molecule has 0 amide bonds. The first kappa shape index (κ1) is 15.9. The highest BCUT2D eigenvalue weighted by molar-refractivity contribution is 6.32. The Morgan fingerprint density at radius 3 is 2.62 bits per heavy atom. The van der Waals surface area contributed by atoms with Crippen molar-refractivity contribution in [3.63, 3.8) is 0 Å². The molecule has 0 atom stereocenters. The van der Waals surface area contributed by atoms with Crippen LogP contribution in [0.1, 0.15) is 30.0 Å². The Morgan fingerprint density at radius 1 is 1.10 bits per heavy atom. The average molecular weight is 304 g/mol. The lowest BCUT2D eigenvalue weighted by atomic mass is 10.1. The van der Waals surface area contributed by atoms with Gasteiger partial charge in [0, 0.05) is 12.1 Å². The second-order valence-electron chi connectivity index (χ2n) is 5.25. The van der Waals surface area contributed by atoms with Gasteiger partial charge in [0.25, 0.3) is 0 Å². The highest BCUT2D eigenvalue weighted by atomic mass is 35.5. The second-order valence-corrected chi connectivity index (χ2v) is 5.66. The summed E-state index contributed by atoms with van der Waals surface area (Å²) < 4.78 is 6.03. The molecule has 0 saturated carbocycles. The summed E-state index contributed by atoms with van der Waals surface area (Å²) in [5, 5.41) is 4.03. The van der Waals surface area contributed by atoms with Crippen LogP contribution in [0.2, 0.25) is 5.02 Å². The number of halogens is 1. The highest BCUT2D eigenvalue weighted by Gasteiger charge is 2.10. The van der Waals surface area contributed by atoms with Crippen LogP contribution in [-0.4, -0.2) is 6.54 Å². The quantitative estimate of drug-likeness (QED) is 0.736. The molecule has 0 aliphatic rings. The van der Waals surface area contributed by atoms with E-state index in [1.54, 1.807) is 0 Å². The highest BCUT2D eigenvalue weighted by Crippen LogP contribution is 2.33. The Labute approximate surface area is 132 Å². The normalized spacial score (nSPS) is 10.7. The van der Waals surface area contributed by atoms with Crippen molar-refractivity contribution >= 4 is 11.6 Å². The Balaban J connectivity index is 2.23. The molecule has 0 radical (unpaired) electrons. The molecule has 2 rings (SSSR count). The third kappa shape index (κ3) is 4.23. The van der Waals surface area contributed by atoms with Gasteiger partial charge in [0.05, 0.1) is 5.02 Å². The minimum Gasteiger partial charge on any atom is -0.455 e. The van der Waals surface area contributed by atoms with E-state index in [2.05, 4.69) is 32.2 Å². The summed E-state index contributed by atoms with van der Waals surface area (Å²) in [5.74, 6) is 1.56. The topological polar surface area (TPSA) is 21.3 Å². The van der Waals surface area contributed by atoms with Gasteiger partial charge in [-0.3, -0.25) is 0 Å². The van der Waals surface area contributed by atoms with Crippen molar-refractivity contribution in [1.82, 2.24) is 5.32 Å². The van der Waals surface area contributed by atoms with Gasteiger partial charge in [-0.25, -0.2) is 0 Å². The van der Waals surface area contributed by atoms with Gasteiger partial charge in [-0.05, 0) is 56.1 Å². The fourth-order valence-electron chi connectivity index (χ4n) is 2.10. The molecule has 3 heteroatoms. The molecule has 0 spiro atoms. The molecular weight excluding hydrogens is 282 g/mol. The van der Waals surface area contributed by atoms with Gasteiger partial charge in [0.1, 0.15) is 11.5 Å². The molecule has 1 N–H and O–H groups in total. The molecule has 2 aromatic rings. The molecule has 0 bridgehead atoms. The lowest BCUT2D eigenvalue weighted by Gasteiger charge is -2.14. The van der Waals surface area contributed by atoms with Crippen molar-refractivity contribution in [2.24, 2.45) is 0 Å². The van der Waals surface area contributed by atoms with Crippen LogP contribution in [-0.2, 0) is 6.54 Å². The summed E-state index contributed by atoms with van der Waals surface area (Å²) in [6.07, 6.45) is 1.11. The van der Waals surface area contributed by atoms with Crippen LogP contribution < -0.4 is 10.1 Å². The van der Waals surface area contributed by atoms with Gasteiger partial charge < -0.3 is 10.1 Å². The van der Waals surface area contributed by atoms with E-state index in [4.69, 9.17) is 16.3 Å². The molecule has 2 nitrogen and oxygen atoms in total. The van der Waals surface area contributed by atoms with Crippen LogP contribution in [0.4, 0.5) is 0 Å². The molecule has 2 aromatic carbocycles. The van der Waals surface area contributed by atoms with Crippen molar-refractivity contribution in [1.29, 1.82) is 0 Å². The number of hydrogen-bond acceptors (Lipinski definition) is 2. The Bertz CT molecular complexity index is 610. The number of nitrogens with one attached hydrogen (secondary N) is 1. The molecule has 21 heavy (non-hydrogen) atoms. The molecule has 0 saturated heterocycles. The van der Waals surface area contributed by atoms with E-state index in [9.17, 15) is 0 Å². The SMILES string of the molecule is CCCNCc1cccc(Cl)c1Oc1ccc(C)c(C)c1. The van der Waals surface area contributed by atoms with E-state index in [0.717, 1.165) is 36.6 Å². The standard InChI is InChI=1S/C18H22ClNO/c1-4-10-20-12-15-6-5-7-17(19)18(15)21-16-9-8-13(2)14(3)11-16/h5-9,11,20H,4,10,12H2,1-3H3. The van der Waals surface area contributed by atoms with Gasteiger partial charge >= 0.3 is 0 Å². The number of aryl methyl sites for hydroxylation is 2. The van der Waals surface area contributed by atoms with Crippen molar-refractivity contribution in [2.45, 2.75) is 33.7 Å². The number of ether oxygens (including phenoxy) is 1. The fraction of sp³-hybridized carbons (Fsp3) is 0.333. The summed E-state index contributed by atoms with van der Waals surface area (Å²) in [7, 11) is 0. The number of para-hydroxylation sites is 1. The first-order valence-electron chi connectivity index (χ1n) is 7.35. The van der Waals surface area contributed by atoms with E-state index in [1.165, 1.54) is 11.1 Å². The second kappa shape index (κ2) is 7.48. The molecule has 0 aromatic heterocycles. The van der Waals surface area contributed by atoms with Gasteiger partial charge in [0.15, 0.2) is 0 Å². The van der Waals surface area contributed by atoms with Crippen LogP contribution in [0.5, 0.6) is 11.5 Å². The summed E-state index contributed by atoms with van der Waals surface area (Å²) in [6, 6.07) is 12.0. The first-order valence-corrected chi connectivity index (χ1v) is 7.73. The zero-order chi connectivity index (χ0) is 15.2. The van der Waals surface area contributed by atoms with Crippen LogP contribution in [0, 0.1) is 13.8 Å². The van der Waals surface area contributed by atoms with E-state index < -0.39 is 0 Å². The molecule has 112 valence electrons. The smallest absolute Gasteiger partial charge is 0.150 e. The fourth-order valence-corrected chi connectivity index (χ4v) is 2.33. The van der Waals surface area contributed by atoms with Crippen LogP contribution >= 0.6 is 11.6 Å². The molecule has 0 unspecified atom stereocenters. The van der Waals surface area contributed by atoms with Gasteiger partial charge in [-0.2, -0.15) is 0 Å². The van der Waals surface area contributed by atoms with E-state index in [1.807, 2.05) is 30.3 Å². The van der Waals surface area contributed by atoms with Gasteiger partial charge in [-0.15, -0.1) is 0 Å². The summed E-state index contributed by atoms with van der Waals surface area (Å²) >= 11 is 6.31. The van der Waals surface area contributed by atoms with Crippen molar-refractivity contribution in [3.8, 4) is 11.5 Å². The number of benzene rings is 2. The lowest BCUT2D eigenvalue weighted by Crippen LogP contribution is -2.14. The van der Waals surface area contributed by atoms with E-state index >= 15 is 0 Å². The Morgan fingerprint density at radius 2 is 1.90 bits per heavy atom. The van der Waals surface area contributed by atoms with Gasteiger partial charge in [0.2, 0.25) is 0 Å². The molecular formula is C18H22ClNO. The van der Waals surface area contributed by atoms with Gasteiger partial charge in [-0.1, -0.05) is 36.7 Å². The minimum absolute atomic E-state index is 0.643. The predicted octanol–water partition coefficient (Wildman–Crippen LogP) is 5.25. The summed E-state index contributed by atoms with van der Waals surface area (Å²) in [5.41, 5.74) is 3.55. The maximum Gasteiger partial charge on any atom is 0.150 e. The summed E-state index contributed by atoms with van der Waals surface area (Å²) in [6.45, 7) is 8.06. The average Bonchev–Trinajstić information content (AvgIpc) is 2.46. The van der Waals surface area contributed by atoms with Crippen molar-refractivity contribution in [2.75, 3.05) is 6.54 Å². The predicted molar refractivity (Wildman–Crippen MR) is 89.4 cm³/mol. The number of rotatable bonds is 6. The molecule has 0 aliphatic carbocycles. The van der Waals surface area contributed by atoms with Crippen molar-refractivity contribution < 1.29 is 4.74 Å². The zero-order valence-corrected chi connectivity index (χ0v) is 13.6. The lowest BCUT2D eigenvalue weighted by molar-refractivity contribution is 0.472. The number of hydrogen-bond donors (Lipinski definition) is 1. The minimum atomic E-state index is 0.643. The molecule has 0 fully saturated rings. The monoisotopic (exact) mass is 303 g/mol. The third-order valence-electron chi connectivity index (χ3n) is 3.49. The molecule has 0 heterocycles. The van der Waals surface area contributed by atoms with Crippen LogP contribution in [0.15, 0.2) is 36.4 Å². The van der Waals surface area contributed by atoms with E-state index in [-0.39, 0.29) is 0 Å². The third-order valence-corrected chi connectivity index (χ3v) is 3.79. The van der Waals surface area contributed by atoms with E-state index in [0.29, 0.717) is 5.02 Å². The Kier molecular flexibility index (Phi) is 5.66.